The molecule has 0 aromatic heterocycles. The summed E-state index contributed by atoms with van der Waals surface area (Å²) in [6.45, 7) is 0. The molecule has 0 spiro atoms. The van der Waals surface area contributed by atoms with Crippen LogP contribution in [0.25, 0.3) is 0 Å². The van der Waals surface area contributed by atoms with E-state index in [2.05, 4.69) is 26.0 Å². The quantitative estimate of drug-likeness (QED) is 0.832. The number of carbonyl (C=O) groups excluding carboxylic acids is 1. The zero-order chi connectivity index (χ0) is 17.0. The van der Waals surface area contributed by atoms with Crippen molar-refractivity contribution < 1.29 is 13.2 Å². The highest BCUT2D eigenvalue weighted by molar-refractivity contribution is 9.10. The topological polar surface area (TPSA) is 99.1 Å². The van der Waals surface area contributed by atoms with Crippen LogP contribution in [-0.4, -0.2) is 21.4 Å². The molecule has 6 nitrogen and oxygen atoms in total. The standard InChI is InChI=1S/C15H12BrN3O3S/c1-18-15(20)10-4-2-5-11(8-10)19-23(21,22)14-7-3-6-13(16)12(14)9-17/h2-8,19H,1H3,(H,18,20). The fraction of sp³-hybridized carbons (Fsp3) is 0.0667. The Bertz CT molecular complexity index is 904. The number of halogens is 1. The molecule has 0 bridgehead atoms. The number of nitriles is 1. The number of amides is 1. The van der Waals surface area contributed by atoms with E-state index in [4.69, 9.17) is 5.26 Å². The van der Waals surface area contributed by atoms with E-state index in [0.29, 0.717) is 10.0 Å². The molecule has 2 N–H and O–H groups in total. The molecule has 0 heterocycles. The fourth-order valence-electron chi connectivity index (χ4n) is 1.92. The van der Waals surface area contributed by atoms with E-state index < -0.39 is 10.0 Å². The van der Waals surface area contributed by atoms with E-state index in [0.717, 1.165) is 0 Å². The Kier molecular flexibility index (Phi) is 5.03. The van der Waals surface area contributed by atoms with Gasteiger partial charge in [-0.3, -0.25) is 9.52 Å². The molecule has 0 unspecified atom stereocenters. The van der Waals surface area contributed by atoms with Crippen molar-refractivity contribution in [1.29, 1.82) is 5.26 Å². The highest BCUT2D eigenvalue weighted by Gasteiger charge is 2.20. The minimum absolute atomic E-state index is 0.0162. The van der Waals surface area contributed by atoms with Crippen molar-refractivity contribution in [3.05, 3.63) is 58.1 Å². The number of sulfonamides is 1. The van der Waals surface area contributed by atoms with E-state index in [-0.39, 0.29) is 22.1 Å². The second-order valence-corrected chi connectivity index (χ2v) is 7.00. The number of hydrogen-bond donors (Lipinski definition) is 2. The van der Waals surface area contributed by atoms with Crippen molar-refractivity contribution in [1.82, 2.24) is 5.32 Å². The summed E-state index contributed by atoms with van der Waals surface area (Å²) < 4.78 is 27.8. The summed E-state index contributed by atoms with van der Waals surface area (Å²) in [4.78, 5) is 11.5. The third-order valence-electron chi connectivity index (χ3n) is 2.98. The van der Waals surface area contributed by atoms with Crippen molar-refractivity contribution in [3.63, 3.8) is 0 Å². The van der Waals surface area contributed by atoms with Gasteiger partial charge in [0.2, 0.25) is 0 Å². The van der Waals surface area contributed by atoms with Gasteiger partial charge in [0.05, 0.1) is 5.56 Å². The monoisotopic (exact) mass is 393 g/mol. The molecule has 2 rings (SSSR count). The van der Waals surface area contributed by atoms with Crippen molar-refractivity contribution >= 4 is 37.5 Å². The summed E-state index contributed by atoms with van der Waals surface area (Å²) in [5.41, 5.74) is 0.569. The van der Waals surface area contributed by atoms with Crippen LogP contribution in [0.15, 0.2) is 51.8 Å². The molecule has 23 heavy (non-hydrogen) atoms. The lowest BCUT2D eigenvalue weighted by Gasteiger charge is -2.11. The maximum Gasteiger partial charge on any atom is 0.263 e. The second-order valence-electron chi connectivity index (χ2n) is 4.49. The Morgan fingerprint density at radius 1 is 1.22 bits per heavy atom. The smallest absolute Gasteiger partial charge is 0.263 e. The van der Waals surface area contributed by atoms with Gasteiger partial charge in [0.15, 0.2) is 0 Å². The van der Waals surface area contributed by atoms with Gasteiger partial charge in [0.1, 0.15) is 11.0 Å². The van der Waals surface area contributed by atoms with Crippen LogP contribution in [-0.2, 0) is 10.0 Å². The van der Waals surface area contributed by atoms with Gasteiger partial charge in [-0.15, -0.1) is 0 Å². The first-order valence-corrected chi connectivity index (χ1v) is 8.70. The SMILES string of the molecule is CNC(=O)c1cccc(NS(=O)(=O)c2cccc(Br)c2C#N)c1. The predicted molar refractivity (Wildman–Crippen MR) is 89.5 cm³/mol. The molecule has 0 saturated heterocycles. The lowest BCUT2D eigenvalue weighted by atomic mass is 10.2. The molecule has 118 valence electrons. The van der Waals surface area contributed by atoms with Crippen molar-refractivity contribution in [3.8, 4) is 6.07 Å². The molecule has 2 aromatic rings. The number of rotatable bonds is 4. The van der Waals surface area contributed by atoms with E-state index in [1.165, 1.54) is 31.3 Å². The van der Waals surface area contributed by atoms with Crippen LogP contribution >= 0.6 is 15.9 Å². The highest BCUT2D eigenvalue weighted by atomic mass is 79.9. The third kappa shape index (κ3) is 3.70. The van der Waals surface area contributed by atoms with E-state index in [1.807, 2.05) is 6.07 Å². The minimum atomic E-state index is -3.96. The fourth-order valence-corrected chi connectivity index (χ4v) is 3.73. The zero-order valence-corrected chi connectivity index (χ0v) is 14.4. The summed E-state index contributed by atoms with van der Waals surface area (Å²) in [6, 6.07) is 12.4. The molecule has 1 amide bonds. The molecular weight excluding hydrogens is 382 g/mol. The maximum atomic E-state index is 12.5. The molecule has 0 saturated carbocycles. The van der Waals surface area contributed by atoms with Gasteiger partial charge in [-0.25, -0.2) is 8.42 Å². The van der Waals surface area contributed by atoms with Gasteiger partial charge in [-0.05, 0) is 46.3 Å². The molecule has 0 aliphatic carbocycles. The van der Waals surface area contributed by atoms with Crippen LogP contribution in [0.1, 0.15) is 15.9 Å². The lowest BCUT2D eigenvalue weighted by molar-refractivity contribution is 0.0963. The lowest BCUT2D eigenvalue weighted by Crippen LogP contribution is -2.19. The first-order valence-electron chi connectivity index (χ1n) is 6.42. The molecule has 0 radical (unpaired) electrons. The number of nitrogens with one attached hydrogen (secondary N) is 2. The Labute approximate surface area is 142 Å². The normalized spacial score (nSPS) is 10.7. The first kappa shape index (κ1) is 17.0. The predicted octanol–water partition coefficient (Wildman–Crippen LogP) is 2.48. The minimum Gasteiger partial charge on any atom is -0.355 e. The first-order chi connectivity index (χ1) is 10.9. The summed E-state index contributed by atoms with van der Waals surface area (Å²) in [6.07, 6.45) is 0. The number of anilines is 1. The van der Waals surface area contributed by atoms with Gasteiger partial charge in [-0.1, -0.05) is 12.1 Å². The van der Waals surface area contributed by atoms with E-state index in [1.54, 1.807) is 18.2 Å². The van der Waals surface area contributed by atoms with Crippen LogP contribution in [0.4, 0.5) is 5.69 Å². The number of nitrogens with zero attached hydrogens (tertiary/aromatic N) is 1. The molecule has 0 aliphatic heterocycles. The summed E-state index contributed by atoms with van der Waals surface area (Å²) in [7, 11) is -2.48. The van der Waals surface area contributed by atoms with Gasteiger partial charge in [0.25, 0.3) is 15.9 Å². The molecule has 8 heteroatoms. The van der Waals surface area contributed by atoms with Crippen molar-refractivity contribution in [2.24, 2.45) is 0 Å². The maximum absolute atomic E-state index is 12.5. The molecule has 2 aromatic carbocycles. The highest BCUT2D eigenvalue weighted by Crippen LogP contribution is 2.25. The van der Waals surface area contributed by atoms with Crippen molar-refractivity contribution in [2.45, 2.75) is 4.90 Å². The molecular formula is C15H12BrN3O3S. The van der Waals surface area contributed by atoms with E-state index >= 15 is 0 Å². The molecule has 0 aliphatic rings. The zero-order valence-electron chi connectivity index (χ0n) is 12.0. The van der Waals surface area contributed by atoms with Crippen LogP contribution < -0.4 is 10.0 Å². The summed E-state index contributed by atoms with van der Waals surface area (Å²) in [5.74, 6) is -0.328. The third-order valence-corrected chi connectivity index (χ3v) is 5.07. The molecule has 0 fully saturated rings. The average Bonchev–Trinajstić information content (AvgIpc) is 2.53. The van der Waals surface area contributed by atoms with Crippen LogP contribution in [0.5, 0.6) is 0 Å². The second kappa shape index (κ2) is 6.81. The Morgan fingerprint density at radius 2 is 1.91 bits per heavy atom. The molecule has 0 atom stereocenters. The van der Waals surface area contributed by atoms with Gasteiger partial charge in [-0.2, -0.15) is 5.26 Å². The average molecular weight is 394 g/mol. The van der Waals surface area contributed by atoms with Crippen molar-refractivity contribution in [2.75, 3.05) is 11.8 Å². The summed E-state index contributed by atoms with van der Waals surface area (Å²) in [5, 5.41) is 11.6. The van der Waals surface area contributed by atoms with Crippen LogP contribution in [0.2, 0.25) is 0 Å². The largest absolute Gasteiger partial charge is 0.355 e. The van der Waals surface area contributed by atoms with Gasteiger partial charge < -0.3 is 5.32 Å². The van der Waals surface area contributed by atoms with E-state index in [9.17, 15) is 13.2 Å². The Morgan fingerprint density at radius 3 is 2.57 bits per heavy atom. The van der Waals surface area contributed by atoms with Gasteiger partial charge >= 0.3 is 0 Å². The Hall–Kier alpha value is -2.37. The number of benzene rings is 2. The van der Waals surface area contributed by atoms with Crippen LogP contribution in [0, 0.1) is 11.3 Å². The number of carbonyl (C=O) groups is 1. The Balaban J connectivity index is 2.42. The van der Waals surface area contributed by atoms with Crippen LogP contribution in [0.3, 0.4) is 0 Å². The summed E-state index contributed by atoms with van der Waals surface area (Å²) >= 11 is 3.16. The number of hydrogen-bond acceptors (Lipinski definition) is 4. The van der Waals surface area contributed by atoms with Gasteiger partial charge in [0, 0.05) is 22.8 Å².